The van der Waals surface area contributed by atoms with Crippen LogP contribution < -0.4 is 20.7 Å². The Labute approximate surface area is 185 Å². The van der Waals surface area contributed by atoms with Crippen molar-refractivity contribution in [2.75, 3.05) is 20.2 Å². The predicted octanol–water partition coefficient (Wildman–Crippen LogP) is 3.07. The number of carbonyl (C=O) groups excluding carboxylic acids is 1. The van der Waals surface area contributed by atoms with Crippen molar-refractivity contribution in [1.82, 2.24) is 20.9 Å². The van der Waals surface area contributed by atoms with E-state index in [1.807, 2.05) is 53.7 Å². The summed E-state index contributed by atoms with van der Waals surface area (Å²) in [6.45, 7) is 13.0. The molecule has 0 unspecified atom stereocenters. The Morgan fingerprint density at radius 2 is 1.89 bits per heavy atom. The zero-order valence-corrected chi connectivity index (χ0v) is 20.2. The van der Waals surface area contributed by atoms with Gasteiger partial charge in [0.2, 0.25) is 5.88 Å². The highest BCUT2D eigenvalue weighted by atomic mass is 127. The molecule has 8 nitrogen and oxygen atoms in total. The summed E-state index contributed by atoms with van der Waals surface area (Å²) >= 11 is 0. The topological polar surface area (TPSA) is 96.9 Å². The van der Waals surface area contributed by atoms with Crippen LogP contribution in [-0.2, 0) is 11.3 Å². The van der Waals surface area contributed by atoms with Crippen LogP contribution in [0.3, 0.4) is 0 Å². The van der Waals surface area contributed by atoms with Gasteiger partial charge in [-0.3, -0.25) is 0 Å². The van der Waals surface area contributed by atoms with Crippen molar-refractivity contribution in [1.29, 1.82) is 0 Å². The number of halogens is 1. The van der Waals surface area contributed by atoms with Gasteiger partial charge >= 0.3 is 6.09 Å². The number of hydrogen-bond donors (Lipinski definition) is 3. The first-order chi connectivity index (χ1) is 12.5. The van der Waals surface area contributed by atoms with E-state index < -0.39 is 17.2 Å². The van der Waals surface area contributed by atoms with Gasteiger partial charge in [0.25, 0.3) is 0 Å². The van der Waals surface area contributed by atoms with E-state index in [2.05, 4.69) is 25.9 Å². The Bertz CT molecular complexity index is 645. The number of nitrogens with one attached hydrogen (secondary N) is 3. The van der Waals surface area contributed by atoms with E-state index in [1.165, 1.54) is 0 Å². The first kappa shape index (κ1) is 26.2. The fourth-order valence-electron chi connectivity index (χ4n) is 2.10. The SMILES string of the molecule is CCNC(=NCc1ccnc(OC)c1)NCC(C)(C)NC(=O)OC(C)(C)C.I. The van der Waals surface area contributed by atoms with Crippen molar-refractivity contribution in [2.24, 2.45) is 4.99 Å². The molecular weight excluding hydrogens is 473 g/mol. The van der Waals surface area contributed by atoms with Crippen molar-refractivity contribution in [2.45, 2.75) is 59.2 Å². The van der Waals surface area contributed by atoms with Crippen molar-refractivity contribution in [3.63, 3.8) is 0 Å². The molecule has 1 aromatic rings. The van der Waals surface area contributed by atoms with Crippen LogP contribution in [-0.4, -0.2) is 48.4 Å². The molecule has 0 aromatic carbocycles. The van der Waals surface area contributed by atoms with Gasteiger partial charge in [0.15, 0.2) is 5.96 Å². The number of carbonyl (C=O) groups is 1. The van der Waals surface area contributed by atoms with Gasteiger partial charge in [0, 0.05) is 25.4 Å². The molecule has 1 amide bonds. The number of pyridine rings is 1. The van der Waals surface area contributed by atoms with Crippen LogP contribution in [0.5, 0.6) is 5.88 Å². The third-order valence-electron chi connectivity index (χ3n) is 3.31. The smallest absolute Gasteiger partial charge is 0.408 e. The van der Waals surface area contributed by atoms with E-state index >= 15 is 0 Å². The van der Waals surface area contributed by atoms with Crippen LogP contribution in [0, 0.1) is 0 Å². The van der Waals surface area contributed by atoms with Gasteiger partial charge in [-0.05, 0) is 53.2 Å². The molecule has 1 aromatic heterocycles. The first-order valence-corrected chi connectivity index (χ1v) is 9.07. The van der Waals surface area contributed by atoms with E-state index in [9.17, 15) is 4.79 Å². The number of alkyl carbamates (subject to hydrolysis) is 1. The molecular formula is C19H34IN5O3. The number of hydrogen-bond acceptors (Lipinski definition) is 5. The fraction of sp³-hybridized carbons (Fsp3) is 0.632. The highest BCUT2D eigenvalue weighted by Gasteiger charge is 2.24. The van der Waals surface area contributed by atoms with Crippen LogP contribution in [0.2, 0.25) is 0 Å². The minimum Gasteiger partial charge on any atom is -0.481 e. The average Bonchev–Trinajstić information content (AvgIpc) is 2.55. The molecule has 0 aliphatic heterocycles. The van der Waals surface area contributed by atoms with Gasteiger partial charge in [-0.25, -0.2) is 14.8 Å². The first-order valence-electron chi connectivity index (χ1n) is 9.07. The number of guanidine groups is 1. The molecule has 0 bridgehead atoms. The van der Waals surface area contributed by atoms with Gasteiger partial charge in [-0.15, -0.1) is 24.0 Å². The molecule has 0 saturated carbocycles. The number of ether oxygens (including phenoxy) is 2. The summed E-state index contributed by atoms with van der Waals surface area (Å²) in [5, 5.41) is 9.31. The van der Waals surface area contributed by atoms with Gasteiger partial charge in [-0.1, -0.05) is 0 Å². The Morgan fingerprint density at radius 1 is 1.21 bits per heavy atom. The highest BCUT2D eigenvalue weighted by molar-refractivity contribution is 14.0. The number of rotatable bonds is 7. The Hall–Kier alpha value is -1.78. The van der Waals surface area contributed by atoms with E-state index in [-0.39, 0.29) is 24.0 Å². The summed E-state index contributed by atoms with van der Waals surface area (Å²) in [6, 6.07) is 3.74. The monoisotopic (exact) mass is 507 g/mol. The molecule has 0 radical (unpaired) electrons. The maximum Gasteiger partial charge on any atom is 0.408 e. The zero-order chi connectivity index (χ0) is 20.5. The summed E-state index contributed by atoms with van der Waals surface area (Å²) in [5.74, 6) is 1.22. The number of nitrogens with zero attached hydrogens (tertiary/aromatic N) is 2. The lowest BCUT2D eigenvalue weighted by atomic mass is 10.1. The molecule has 0 atom stereocenters. The second-order valence-electron chi connectivity index (χ2n) is 7.77. The normalized spacial score (nSPS) is 11.9. The molecule has 1 heterocycles. The van der Waals surface area contributed by atoms with Gasteiger partial charge in [-0.2, -0.15) is 0 Å². The molecule has 28 heavy (non-hydrogen) atoms. The van der Waals surface area contributed by atoms with Crippen LogP contribution in [0.15, 0.2) is 23.3 Å². The molecule has 0 aliphatic carbocycles. The maximum absolute atomic E-state index is 12.0. The van der Waals surface area contributed by atoms with E-state index in [1.54, 1.807) is 13.3 Å². The standard InChI is InChI=1S/C19H33N5O3.HI/c1-8-20-16(22-12-14-9-10-21-15(11-14)26-7)23-13-19(5,6)24-17(25)27-18(2,3)4;/h9-11H,8,12-13H2,1-7H3,(H,24,25)(H2,20,22,23);1H. The molecule has 0 saturated heterocycles. The second kappa shape index (κ2) is 11.9. The Kier molecular flexibility index (Phi) is 11.2. The molecule has 0 fully saturated rings. The van der Waals surface area contributed by atoms with E-state index in [0.717, 1.165) is 12.1 Å². The second-order valence-corrected chi connectivity index (χ2v) is 7.77. The minimum atomic E-state index is -0.532. The summed E-state index contributed by atoms with van der Waals surface area (Å²) < 4.78 is 10.4. The van der Waals surface area contributed by atoms with E-state index in [0.29, 0.717) is 24.9 Å². The Morgan fingerprint density at radius 3 is 2.46 bits per heavy atom. The number of aliphatic imine (C=N–C) groups is 1. The van der Waals surface area contributed by atoms with Crippen LogP contribution >= 0.6 is 24.0 Å². The quantitative estimate of drug-likeness (QED) is 0.298. The lowest BCUT2D eigenvalue weighted by Crippen LogP contribution is -2.54. The summed E-state index contributed by atoms with van der Waals surface area (Å²) in [7, 11) is 1.58. The van der Waals surface area contributed by atoms with Crippen LogP contribution in [0.25, 0.3) is 0 Å². The summed E-state index contributed by atoms with van der Waals surface area (Å²) in [5.41, 5.74) is -0.0567. The molecule has 0 spiro atoms. The van der Waals surface area contributed by atoms with Crippen molar-refractivity contribution in [3.05, 3.63) is 23.9 Å². The van der Waals surface area contributed by atoms with Crippen molar-refractivity contribution < 1.29 is 14.3 Å². The fourth-order valence-corrected chi connectivity index (χ4v) is 2.10. The third kappa shape index (κ3) is 11.2. The predicted molar refractivity (Wildman–Crippen MR) is 122 cm³/mol. The summed E-state index contributed by atoms with van der Waals surface area (Å²) in [6.07, 6.45) is 1.25. The molecule has 160 valence electrons. The number of amides is 1. The lowest BCUT2D eigenvalue weighted by molar-refractivity contribution is 0.0474. The maximum atomic E-state index is 12.0. The van der Waals surface area contributed by atoms with Crippen LogP contribution in [0.1, 0.15) is 47.1 Å². The van der Waals surface area contributed by atoms with Crippen molar-refractivity contribution >= 4 is 36.0 Å². The number of aromatic nitrogens is 1. The zero-order valence-electron chi connectivity index (χ0n) is 17.9. The minimum absolute atomic E-state index is 0. The highest BCUT2D eigenvalue weighted by Crippen LogP contribution is 2.10. The van der Waals surface area contributed by atoms with E-state index in [4.69, 9.17) is 9.47 Å². The average molecular weight is 507 g/mol. The van der Waals surface area contributed by atoms with Crippen LogP contribution in [0.4, 0.5) is 4.79 Å². The largest absolute Gasteiger partial charge is 0.481 e. The molecule has 1 rings (SSSR count). The van der Waals surface area contributed by atoms with Gasteiger partial charge in [0.1, 0.15) is 5.60 Å². The van der Waals surface area contributed by atoms with Gasteiger partial charge in [0.05, 0.1) is 19.2 Å². The molecule has 0 aliphatic rings. The molecule has 9 heteroatoms. The van der Waals surface area contributed by atoms with Crippen molar-refractivity contribution in [3.8, 4) is 5.88 Å². The lowest BCUT2D eigenvalue weighted by Gasteiger charge is -2.29. The molecule has 3 N–H and O–H groups in total. The third-order valence-corrected chi connectivity index (χ3v) is 3.31. The number of methoxy groups -OCH3 is 1. The van der Waals surface area contributed by atoms with Gasteiger partial charge < -0.3 is 25.4 Å². The Balaban J connectivity index is 0.00000729. The summed E-state index contributed by atoms with van der Waals surface area (Å²) in [4.78, 5) is 20.6.